The Hall–Kier alpha value is -0.120. The fraction of sp³-hybridized carbons (Fsp3) is 1.00. The maximum absolute atomic E-state index is 3.55. The van der Waals surface area contributed by atoms with E-state index in [9.17, 15) is 0 Å². The van der Waals surface area contributed by atoms with E-state index >= 15 is 0 Å². The van der Waals surface area contributed by atoms with Gasteiger partial charge in [0, 0.05) is 12.6 Å². The highest BCUT2D eigenvalue weighted by molar-refractivity contribution is 4.82. The van der Waals surface area contributed by atoms with Crippen LogP contribution in [0, 0.1) is 11.8 Å². The number of hydrogen-bond donors (Lipinski definition) is 1. The number of hydrogen-bond acceptors (Lipinski definition) is 3. The minimum Gasteiger partial charge on any atom is -0.316 e. The van der Waals surface area contributed by atoms with Crippen molar-refractivity contribution in [1.82, 2.24) is 15.1 Å². The fourth-order valence-corrected chi connectivity index (χ4v) is 3.42. The van der Waals surface area contributed by atoms with Gasteiger partial charge in [0.2, 0.25) is 0 Å². The molecular weight excluding hydrogens is 222 g/mol. The molecule has 2 saturated heterocycles. The normalized spacial score (nSPS) is 32.0. The van der Waals surface area contributed by atoms with Crippen molar-refractivity contribution in [3.8, 4) is 0 Å². The van der Waals surface area contributed by atoms with E-state index in [1.165, 1.54) is 58.4 Å². The van der Waals surface area contributed by atoms with Gasteiger partial charge in [-0.05, 0) is 77.8 Å². The van der Waals surface area contributed by atoms with Gasteiger partial charge in [0.1, 0.15) is 0 Å². The predicted octanol–water partition coefficient (Wildman–Crippen LogP) is 1.65. The number of piperidine rings is 1. The quantitative estimate of drug-likeness (QED) is 0.804. The molecule has 2 fully saturated rings. The third kappa shape index (κ3) is 3.94. The monoisotopic (exact) mass is 253 g/mol. The minimum absolute atomic E-state index is 0.789. The molecule has 0 aliphatic carbocycles. The van der Waals surface area contributed by atoms with Crippen LogP contribution in [0.1, 0.15) is 32.6 Å². The highest BCUT2D eigenvalue weighted by Crippen LogP contribution is 2.23. The summed E-state index contributed by atoms with van der Waals surface area (Å²) < 4.78 is 0. The SMILES string of the molecule is CC(CCN1CCC(N(C)C)C1)C1CCCNC1. The molecule has 3 nitrogen and oxygen atoms in total. The molecule has 3 unspecified atom stereocenters. The van der Waals surface area contributed by atoms with Gasteiger partial charge in [-0.2, -0.15) is 0 Å². The van der Waals surface area contributed by atoms with Crippen molar-refractivity contribution in [2.24, 2.45) is 11.8 Å². The fourth-order valence-electron chi connectivity index (χ4n) is 3.42. The van der Waals surface area contributed by atoms with Gasteiger partial charge >= 0.3 is 0 Å². The van der Waals surface area contributed by atoms with Crippen LogP contribution in [-0.4, -0.2) is 62.7 Å². The Kier molecular flexibility index (Phi) is 5.46. The topological polar surface area (TPSA) is 18.5 Å². The summed E-state index contributed by atoms with van der Waals surface area (Å²) >= 11 is 0. The molecule has 0 spiro atoms. The van der Waals surface area contributed by atoms with E-state index in [4.69, 9.17) is 0 Å². The summed E-state index contributed by atoms with van der Waals surface area (Å²) in [6, 6.07) is 0.789. The number of nitrogens with zero attached hydrogens (tertiary/aromatic N) is 2. The lowest BCUT2D eigenvalue weighted by atomic mass is 9.85. The van der Waals surface area contributed by atoms with Gasteiger partial charge in [-0.1, -0.05) is 6.92 Å². The second-order valence-electron chi connectivity index (χ2n) is 6.58. The Balaban J connectivity index is 1.65. The highest BCUT2D eigenvalue weighted by atomic mass is 15.2. The van der Waals surface area contributed by atoms with E-state index in [1.54, 1.807) is 0 Å². The van der Waals surface area contributed by atoms with Gasteiger partial charge in [-0.25, -0.2) is 0 Å². The van der Waals surface area contributed by atoms with Crippen molar-refractivity contribution in [3.05, 3.63) is 0 Å². The third-order valence-electron chi connectivity index (χ3n) is 5.02. The van der Waals surface area contributed by atoms with Gasteiger partial charge in [-0.15, -0.1) is 0 Å². The summed E-state index contributed by atoms with van der Waals surface area (Å²) in [6.07, 6.45) is 5.55. The van der Waals surface area contributed by atoms with Crippen LogP contribution in [0.5, 0.6) is 0 Å². The summed E-state index contributed by atoms with van der Waals surface area (Å²) in [6.45, 7) is 8.83. The summed E-state index contributed by atoms with van der Waals surface area (Å²) in [5, 5.41) is 3.55. The van der Waals surface area contributed by atoms with Crippen molar-refractivity contribution >= 4 is 0 Å². The Bertz CT molecular complexity index is 236. The third-order valence-corrected chi connectivity index (χ3v) is 5.02. The lowest BCUT2D eigenvalue weighted by Crippen LogP contribution is -2.35. The molecule has 2 rings (SSSR count). The first-order valence-electron chi connectivity index (χ1n) is 7.76. The Morgan fingerprint density at radius 3 is 2.78 bits per heavy atom. The van der Waals surface area contributed by atoms with E-state index in [1.807, 2.05) is 0 Å². The first kappa shape index (κ1) is 14.3. The van der Waals surface area contributed by atoms with Crippen molar-refractivity contribution in [3.63, 3.8) is 0 Å². The van der Waals surface area contributed by atoms with Gasteiger partial charge in [-0.3, -0.25) is 0 Å². The van der Waals surface area contributed by atoms with Crippen LogP contribution >= 0.6 is 0 Å². The van der Waals surface area contributed by atoms with Crippen molar-refractivity contribution < 1.29 is 0 Å². The number of nitrogens with one attached hydrogen (secondary N) is 1. The van der Waals surface area contributed by atoms with E-state index in [-0.39, 0.29) is 0 Å². The molecule has 1 N–H and O–H groups in total. The Morgan fingerprint density at radius 2 is 2.17 bits per heavy atom. The van der Waals surface area contributed by atoms with Gasteiger partial charge < -0.3 is 15.1 Å². The van der Waals surface area contributed by atoms with Gasteiger partial charge in [0.05, 0.1) is 0 Å². The largest absolute Gasteiger partial charge is 0.316 e. The van der Waals surface area contributed by atoms with E-state index in [2.05, 4.69) is 36.1 Å². The molecule has 2 aliphatic rings. The zero-order chi connectivity index (χ0) is 13.0. The molecule has 0 aromatic carbocycles. The zero-order valence-electron chi connectivity index (χ0n) is 12.5. The molecule has 0 saturated carbocycles. The standard InChI is InChI=1S/C15H31N3/c1-13(14-5-4-8-16-11-14)6-9-18-10-7-15(12-18)17(2)3/h13-16H,4-12H2,1-3H3. The summed E-state index contributed by atoms with van der Waals surface area (Å²) in [4.78, 5) is 5.05. The van der Waals surface area contributed by atoms with Gasteiger partial charge in [0.25, 0.3) is 0 Å². The van der Waals surface area contributed by atoms with Crippen molar-refractivity contribution in [1.29, 1.82) is 0 Å². The summed E-state index contributed by atoms with van der Waals surface area (Å²) in [5.41, 5.74) is 0. The minimum atomic E-state index is 0.789. The molecule has 2 heterocycles. The lowest BCUT2D eigenvalue weighted by Gasteiger charge is -2.29. The summed E-state index contributed by atoms with van der Waals surface area (Å²) in [7, 11) is 4.43. The average Bonchev–Trinajstić information content (AvgIpc) is 2.86. The predicted molar refractivity (Wildman–Crippen MR) is 77.9 cm³/mol. The molecular formula is C15H31N3. The molecule has 0 bridgehead atoms. The molecule has 2 aliphatic heterocycles. The van der Waals surface area contributed by atoms with E-state index < -0.39 is 0 Å². The van der Waals surface area contributed by atoms with Crippen LogP contribution in [0.15, 0.2) is 0 Å². The van der Waals surface area contributed by atoms with Crippen LogP contribution in [-0.2, 0) is 0 Å². The Morgan fingerprint density at radius 1 is 1.33 bits per heavy atom. The van der Waals surface area contributed by atoms with E-state index in [0.717, 1.165) is 17.9 Å². The van der Waals surface area contributed by atoms with E-state index in [0.29, 0.717) is 0 Å². The van der Waals surface area contributed by atoms with Gasteiger partial charge in [0.15, 0.2) is 0 Å². The smallest absolute Gasteiger partial charge is 0.0229 e. The van der Waals surface area contributed by atoms with Crippen LogP contribution < -0.4 is 5.32 Å². The Labute approximate surface area is 113 Å². The second kappa shape index (κ2) is 6.88. The molecule has 3 heteroatoms. The van der Waals surface area contributed by atoms with Crippen molar-refractivity contribution in [2.45, 2.75) is 38.6 Å². The molecule has 0 aromatic rings. The molecule has 0 amide bonds. The zero-order valence-corrected chi connectivity index (χ0v) is 12.5. The first-order chi connectivity index (χ1) is 8.66. The highest BCUT2D eigenvalue weighted by Gasteiger charge is 2.25. The lowest BCUT2D eigenvalue weighted by molar-refractivity contribution is 0.221. The second-order valence-corrected chi connectivity index (χ2v) is 6.58. The molecule has 0 aromatic heterocycles. The van der Waals surface area contributed by atoms with Crippen molar-refractivity contribution in [2.75, 3.05) is 46.8 Å². The van der Waals surface area contributed by atoms with Crippen LogP contribution in [0.4, 0.5) is 0 Å². The molecule has 3 atom stereocenters. The van der Waals surface area contributed by atoms with Crippen LogP contribution in [0.2, 0.25) is 0 Å². The van der Waals surface area contributed by atoms with Crippen LogP contribution in [0.3, 0.4) is 0 Å². The maximum atomic E-state index is 3.55. The number of likely N-dealkylation sites (N-methyl/N-ethyl adjacent to an activating group) is 1. The number of likely N-dealkylation sites (tertiary alicyclic amines) is 1. The average molecular weight is 253 g/mol. The molecule has 0 radical (unpaired) electrons. The summed E-state index contributed by atoms with van der Waals surface area (Å²) in [5.74, 6) is 1.81. The molecule has 106 valence electrons. The number of rotatable bonds is 5. The maximum Gasteiger partial charge on any atom is 0.0229 e. The van der Waals surface area contributed by atoms with Crippen LogP contribution in [0.25, 0.3) is 0 Å². The first-order valence-corrected chi connectivity index (χ1v) is 7.76. The molecule has 18 heavy (non-hydrogen) atoms.